The van der Waals surface area contributed by atoms with Crippen LogP contribution in [0.25, 0.3) is 0 Å². The summed E-state index contributed by atoms with van der Waals surface area (Å²) in [6, 6.07) is 12.2. The van der Waals surface area contributed by atoms with Crippen LogP contribution in [-0.2, 0) is 27.2 Å². The van der Waals surface area contributed by atoms with E-state index in [0.29, 0.717) is 22.9 Å². The van der Waals surface area contributed by atoms with Gasteiger partial charge in [0.15, 0.2) is 0 Å². The molecular formula is C23H27Cl2N3O3. The van der Waals surface area contributed by atoms with Crippen molar-refractivity contribution >= 4 is 41.3 Å². The summed E-state index contributed by atoms with van der Waals surface area (Å²) in [7, 11) is 0. The number of aryl methyl sites for hydroxylation is 1. The number of halogens is 2. The largest absolute Gasteiger partial charge is 0.464 e. The molecule has 1 atom stereocenters. The van der Waals surface area contributed by atoms with Crippen LogP contribution < -0.4 is 11.2 Å². The topological polar surface area (TPSA) is 93.8 Å². The van der Waals surface area contributed by atoms with E-state index < -0.39 is 12.0 Å². The lowest BCUT2D eigenvalue weighted by Crippen LogP contribution is -2.43. The molecule has 0 aromatic heterocycles. The van der Waals surface area contributed by atoms with Gasteiger partial charge in [-0.05, 0) is 61.1 Å². The smallest absolute Gasteiger partial charge is 0.328 e. The van der Waals surface area contributed by atoms with Crippen LogP contribution in [0.2, 0.25) is 10.0 Å². The van der Waals surface area contributed by atoms with Gasteiger partial charge in [0.2, 0.25) is 5.91 Å². The minimum Gasteiger partial charge on any atom is -0.464 e. The molecule has 0 saturated carbocycles. The van der Waals surface area contributed by atoms with E-state index in [1.165, 1.54) is 5.56 Å². The predicted molar refractivity (Wildman–Crippen MR) is 125 cm³/mol. The molecule has 0 radical (unpaired) electrons. The lowest BCUT2D eigenvalue weighted by atomic mass is 10.0. The first-order valence-electron chi connectivity index (χ1n) is 10.1. The van der Waals surface area contributed by atoms with Crippen molar-refractivity contribution in [2.75, 3.05) is 6.61 Å². The van der Waals surface area contributed by atoms with E-state index in [4.69, 9.17) is 33.8 Å². The Bertz CT molecular complexity index is 881. The lowest BCUT2D eigenvalue weighted by molar-refractivity contribution is -0.147. The van der Waals surface area contributed by atoms with Crippen LogP contribution in [0.1, 0.15) is 42.9 Å². The Morgan fingerprint density at radius 2 is 1.77 bits per heavy atom. The molecule has 2 aromatic rings. The molecule has 0 heterocycles. The number of carbonyl (C=O) groups excluding carboxylic acids is 2. The molecule has 0 aliphatic carbocycles. The maximum atomic E-state index is 12.4. The Morgan fingerprint density at radius 1 is 1.10 bits per heavy atom. The summed E-state index contributed by atoms with van der Waals surface area (Å²) < 4.78 is 5.11. The molecular weight excluding hydrogens is 437 g/mol. The number of rotatable bonds is 11. The molecule has 0 aliphatic rings. The van der Waals surface area contributed by atoms with Gasteiger partial charge in [-0.25, -0.2) is 4.79 Å². The molecule has 166 valence electrons. The quantitative estimate of drug-likeness (QED) is 0.171. The second kappa shape index (κ2) is 13.0. The van der Waals surface area contributed by atoms with Crippen molar-refractivity contribution in [3.8, 4) is 0 Å². The van der Waals surface area contributed by atoms with E-state index >= 15 is 0 Å². The molecule has 6 nitrogen and oxygen atoms in total. The van der Waals surface area contributed by atoms with Crippen molar-refractivity contribution in [2.24, 2.45) is 10.9 Å². The molecule has 0 fully saturated rings. The number of hydrogen-bond donors (Lipinski definition) is 2. The number of nitrogens with one attached hydrogen (secondary N) is 1. The molecule has 2 aromatic carbocycles. The number of ether oxygens (including phenoxy) is 1. The zero-order valence-electron chi connectivity index (χ0n) is 17.4. The van der Waals surface area contributed by atoms with E-state index in [9.17, 15) is 9.59 Å². The minimum atomic E-state index is -0.793. The highest BCUT2D eigenvalue weighted by atomic mass is 35.5. The zero-order valence-corrected chi connectivity index (χ0v) is 19.0. The Labute approximate surface area is 192 Å². The summed E-state index contributed by atoms with van der Waals surface area (Å²) in [6.45, 7) is 1.96. The molecule has 0 aliphatic heterocycles. The first kappa shape index (κ1) is 24.7. The molecule has 2 rings (SSSR count). The number of esters is 1. The second-order valence-electron chi connectivity index (χ2n) is 7.08. The summed E-state index contributed by atoms with van der Waals surface area (Å²) in [4.78, 5) is 24.7. The third kappa shape index (κ3) is 8.99. The van der Waals surface area contributed by atoms with E-state index in [2.05, 4.69) is 10.4 Å². The van der Waals surface area contributed by atoms with Crippen LogP contribution in [0.4, 0.5) is 0 Å². The average Bonchev–Trinajstić information content (AvgIpc) is 2.71. The van der Waals surface area contributed by atoms with Gasteiger partial charge in [-0.2, -0.15) is 5.10 Å². The Kier molecular flexibility index (Phi) is 10.3. The van der Waals surface area contributed by atoms with E-state index in [0.717, 1.165) is 24.0 Å². The fourth-order valence-electron chi connectivity index (χ4n) is 3.14. The van der Waals surface area contributed by atoms with Crippen LogP contribution in [-0.4, -0.2) is 30.7 Å². The van der Waals surface area contributed by atoms with E-state index in [1.807, 2.05) is 24.3 Å². The number of amides is 1. The third-order valence-electron chi connectivity index (χ3n) is 4.59. The SMILES string of the molecule is CCOC(=O)C(Cc1cc(Cl)cc(Cl)c1)NC(=O)CCCCc1ccc(C=NN)cc1. The van der Waals surface area contributed by atoms with Crippen molar-refractivity contribution in [2.45, 2.75) is 45.1 Å². The Morgan fingerprint density at radius 3 is 2.39 bits per heavy atom. The molecule has 1 unspecified atom stereocenters. The van der Waals surface area contributed by atoms with E-state index in [1.54, 1.807) is 31.3 Å². The summed E-state index contributed by atoms with van der Waals surface area (Å²) >= 11 is 12.1. The Hall–Kier alpha value is -2.57. The van der Waals surface area contributed by atoms with Crippen molar-refractivity contribution < 1.29 is 14.3 Å². The highest BCUT2D eigenvalue weighted by molar-refractivity contribution is 6.34. The number of carbonyl (C=O) groups is 2. The molecule has 8 heteroatoms. The summed E-state index contributed by atoms with van der Waals surface area (Å²) in [5.74, 6) is 4.47. The standard InChI is InChI=1S/C23H27Cl2N3O3/c1-2-31-23(30)21(13-18-11-19(24)14-20(25)12-18)28-22(29)6-4-3-5-16-7-9-17(10-8-16)15-27-26/h7-12,14-15,21H,2-6,13,26H2,1H3,(H,28,29). The number of hydrazone groups is 1. The van der Waals surface area contributed by atoms with Crippen LogP contribution >= 0.6 is 23.2 Å². The van der Waals surface area contributed by atoms with Gasteiger partial charge >= 0.3 is 5.97 Å². The van der Waals surface area contributed by atoms with Crippen molar-refractivity contribution in [3.05, 3.63) is 69.2 Å². The highest BCUT2D eigenvalue weighted by Crippen LogP contribution is 2.20. The van der Waals surface area contributed by atoms with Crippen LogP contribution in [0.15, 0.2) is 47.6 Å². The monoisotopic (exact) mass is 463 g/mol. The molecule has 0 spiro atoms. The van der Waals surface area contributed by atoms with Crippen LogP contribution in [0, 0.1) is 0 Å². The van der Waals surface area contributed by atoms with Gasteiger partial charge < -0.3 is 15.9 Å². The molecule has 0 saturated heterocycles. The van der Waals surface area contributed by atoms with Crippen molar-refractivity contribution in [1.29, 1.82) is 0 Å². The Balaban J connectivity index is 1.85. The summed E-state index contributed by atoms with van der Waals surface area (Å²) in [6.07, 6.45) is 4.58. The first-order valence-corrected chi connectivity index (χ1v) is 10.9. The third-order valence-corrected chi connectivity index (χ3v) is 5.03. The van der Waals surface area contributed by atoms with Gasteiger partial charge in [-0.1, -0.05) is 47.5 Å². The number of unbranched alkanes of at least 4 members (excludes halogenated alkanes) is 1. The average molecular weight is 464 g/mol. The number of nitrogens with two attached hydrogens (primary N) is 1. The maximum Gasteiger partial charge on any atom is 0.328 e. The number of benzene rings is 2. The molecule has 0 bridgehead atoms. The van der Waals surface area contributed by atoms with Crippen molar-refractivity contribution in [3.63, 3.8) is 0 Å². The number of nitrogens with zero attached hydrogens (tertiary/aromatic N) is 1. The molecule has 31 heavy (non-hydrogen) atoms. The lowest BCUT2D eigenvalue weighted by Gasteiger charge is -2.18. The molecule has 3 N–H and O–H groups in total. The van der Waals surface area contributed by atoms with Crippen LogP contribution in [0.5, 0.6) is 0 Å². The molecule has 1 amide bonds. The predicted octanol–water partition coefficient (Wildman–Crippen LogP) is 4.29. The fourth-order valence-corrected chi connectivity index (χ4v) is 3.71. The van der Waals surface area contributed by atoms with Gasteiger partial charge in [0.25, 0.3) is 0 Å². The fraction of sp³-hybridized carbons (Fsp3) is 0.348. The maximum absolute atomic E-state index is 12.4. The first-order chi connectivity index (χ1) is 14.9. The van der Waals surface area contributed by atoms with Crippen LogP contribution in [0.3, 0.4) is 0 Å². The zero-order chi connectivity index (χ0) is 22.6. The van der Waals surface area contributed by atoms with E-state index in [-0.39, 0.29) is 18.9 Å². The van der Waals surface area contributed by atoms with Gasteiger partial charge in [0, 0.05) is 22.9 Å². The van der Waals surface area contributed by atoms with Gasteiger partial charge in [-0.3, -0.25) is 4.79 Å². The van der Waals surface area contributed by atoms with Gasteiger partial charge in [0.05, 0.1) is 12.8 Å². The number of hydrogen-bond acceptors (Lipinski definition) is 5. The van der Waals surface area contributed by atoms with Gasteiger partial charge in [0.1, 0.15) is 6.04 Å². The highest BCUT2D eigenvalue weighted by Gasteiger charge is 2.22. The second-order valence-corrected chi connectivity index (χ2v) is 7.95. The normalized spacial score (nSPS) is 12.0. The van der Waals surface area contributed by atoms with Gasteiger partial charge in [-0.15, -0.1) is 0 Å². The minimum absolute atomic E-state index is 0.194. The van der Waals surface area contributed by atoms with Crippen molar-refractivity contribution in [1.82, 2.24) is 5.32 Å². The summed E-state index contributed by atoms with van der Waals surface area (Å²) in [5, 5.41) is 7.22. The summed E-state index contributed by atoms with van der Waals surface area (Å²) in [5.41, 5.74) is 2.87.